The summed E-state index contributed by atoms with van der Waals surface area (Å²) in [5, 5.41) is 0. The Balaban J connectivity index is 2.12. The minimum Gasteiger partial charge on any atom is -0.295 e. The summed E-state index contributed by atoms with van der Waals surface area (Å²) in [5.74, 6) is 2.52. The van der Waals surface area contributed by atoms with Crippen molar-refractivity contribution in [3.8, 4) is 0 Å². The first kappa shape index (κ1) is 8.98. The van der Waals surface area contributed by atoms with Crippen molar-refractivity contribution < 1.29 is 4.79 Å². The monoisotopic (exact) mass is 178 g/mol. The largest absolute Gasteiger partial charge is 0.295 e. The number of rotatable bonds is 0. The molecule has 3 atom stereocenters. The summed E-state index contributed by atoms with van der Waals surface area (Å²) in [7, 11) is 0. The van der Waals surface area contributed by atoms with Crippen LogP contribution < -0.4 is 0 Å². The molecule has 0 aromatic rings. The fourth-order valence-corrected chi connectivity index (χ4v) is 2.85. The number of fused-ring (bicyclic) bond motifs is 1. The predicted octanol–water partition coefficient (Wildman–Crippen LogP) is 2.96. The van der Waals surface area contributed by atoms with Crippen LogP contribution in [-0.4, -0.2) is 5.78 Å². The lowest BCUT2D eigenvalue weighted by molar-refractivity contribution is -0.115. The average molecular weight is 178 g/mol. The number of hydrogen-bond donors (Lipinski definition) is 0. The lowest BCUT2D eigenvalue weighted by Gasteiger charge is -2.22. The van der Waals surface area contributed by atoms with Crippen molar-refractivity contribution in [1.82, 2.24) is 0 Å². The zero-order chi connectivity index (χ0) is 9.26. The maximum absolute atomic E-state index is 11.3. The zero-order valence-electron chi connectivity index (χ0n) is 8.33. The molecular weight excluding hydrogens is 160 g/mol. The molecule has 0 saturated heterocycles. The van der Waals surface area contributed by atoms with Crippen LogP contribution in [0.3, 0.4) is 0 Å². The van der Waals surface area contributed by atoms with E-state index in [9.17, 15) is 4.79 Å². The van der Waals surface area contributed by atoms with E-state index >= 15 is 0 Å². The van der Waals surface area contributed by atoms with Crippen molar-refractivity contribution in [3.05, 3.63) is 12.2 Å². The van der Waals surface area contributed by atoms with Gasteiger partial charge in [0.15, 0.2) is 5.78 Å². The molecular formula is C12H18O. The van der Waals surface area contributed by atoms with E-state index in [4.69, 9.17) is 0 Å². The van der Waals surface area contributed by atoms with Gasteiger partial charge in [-0.05, 0) is 43.1 Å². The number of hydrogen-bond acceptors (Lipinski definition) is 1. The molecule has 0 N–H and O–H groups in total. The van der Waals surface area contributed by atoms with E-state index in [1.54, 1.807) is 0 Å². The van der Waals surface area contributed by atoms with Gasteiger partial charge < -0.3 is 0 Å². The summed E-state index contributed by atoms with van der Waals surface area (Å²) in [5.41, 5.74) is 0. The summed E-state index contributed by atoms with van der Waals surface area (Å²) < 4.78 is 0. The Morgan fingerprint density at radius 1 is 1.38 bits per heavy atom. The van der Waals surface area contributed by atoms with Gasteiger partial charge in [-0.1, -0.05) is 19.4 Å². The second-order valence-corrected chi connectivity index (χ2v) is 4.73. The highest BCUT2D eigenvalue weighted by Crippen LogP contribution is 2.38. The SMILES string of the molecule is CC1CC(=O)/C=C\C2CCCC2C1. The standard InChI is InChI=1S/C12H18O/c1-9-7-11-4-2-3-10(11)5-6-12(13)8-9/h5-6,9-11H,2-4,7-8H2,1H3/b6-5-. The maximum Gasteiger partial charge on any atom is 0.155 e. The molecule has 2 rings (SSSR count). The van der Waals surface area contributed by atoms with Gasteiger partial charge in [-0.2, -0.15) is 0 Å². The average Bonchev–Trinajstić information content (AvgIpc) is 2.45. The van der Waals surface area contributed by atoms with E-state index in [2.05, 4.69) is 13.0 Å². The highest BCUT2D eigenvalue weighted by Gasteiger charge is 2.28. The topological polar surface area (TPSA) is 17.1 Å². The number of carbonyl (C=O) groups excluding carboxylic acids is 1. The third kappa shape index (κ3) is 2.01. The molecule has 2 aliphatic carbocycles. The molecule has 0 heterocycles. The summed E-state index contributed by atoms with van der Waals surface area (Å²) >= 11 is 0. The Labute approximate surface area is 80.2 Å². The van der Waals surface area contributed by atoms with Gasteiger partial charge in [0.2, 0.25) is 0 Å². The van der Waals surface area contributed by atoms with Gasteiger partial charge in [0.25, 0.3) is 0 Å². The molecule has 1 saturated carbocycles. The fraction of sp³-hybridized carbons (Fsp3) is 0.750. The van der Waals surface area contributed by atoms with Crippen LogP contribution in [0.2, 0.25) is 0 Å². The molecule has 3 unspecified atom stereocenters. The molecule has 0 aromatic heterocycles. The predicted molar refractivity (Wildman–Crippen MR) is 53.4 cm³/mol. The van der Waals surface area contributed by atoms with Crippen molar-refractivity contribution in [1.29, 1.82) is 0 Å². The molecule has 1 nitrogen and oxygen atoms in total. The van der Waals surface area contributed by atoms with Crippen molar-refractivity contribution in [2.24, 2.45) is 17.8 Å². The molecule has 0 aliphatic heterocycles. The van der Waals surface area contributed by atoms with Crippen LogP contribution >= 0.6 is 0 Å². The van der Waals surface area contributed by atoms with Crippen LogP contribution in [-0.2, 0) is 4.79 Å². The number of allylic oxidation sites excluding steroid dienone is 2. The van der Waals surface area contributed by atoms with Crippen molar-refractivity contribution >= 4 is 5.78 Å². The summed E-state index contributed by atoms with van der Waals surface area (Å²) in [6, 6.07) is 0. The lowest BCUT2D eigenvalue weighted by Crippen LogP contribution is -2.15. The van der Waals surface area contributed by atoms with Gasteiger partial charge in [-0.15, -0.1) is 0 Å². The minimum absolute atomic E-state index is 0.331. The Morgan fingerprint density at radius 3 is 3.08 bits per heavy atom. The zero-order valence-corrected chi connectivity index (χ0v) is 8.33. The Kier molecular flexibility index (Phi) is 2.52. The van der Waals surface area contributed by atoms with Gasteiger partial charge in [0.05, 0.1) is 0 Å². The van der Waals surface area contributed by atoms with E-state index in [-0.39, 0.29) is 0 Å². The van der Waals surface area contributed by atoms with Gasteiger partial charge in [-0.25, -0.2) is 0 Å². The molecule has 1 fully saturated rings. The highest BCUT2D eigenvalue weighted by atomic mass is 16.1. The van der Waals surface area contributed by atoms with Crippen LogP contribution in [0.15, 0.2) is 12.2 Å². The quantitative estimate of drug-likeness (QED) is 0.557. The molecule has 0 radical (unpaired) electrons. The molecule has 2 aliphatic rings. The van der Waals surface area contributed by atoms with Gasteiger partial charge in [0.1, 0.15) is 0 Å². The maximum atomic E-state index is 11.3. The lowest BCUT2D eigenvalue weighted by atomic mass is 9.83. The van der Waals surface area contributed by atoms with Crippen LogP contribution in [0.4, 0.5) is 0 Å². The summed E-state index contributed by atoms with van der Waals surface area (Å²) in [6.07, 6.45) is 10.1. The normalized spacial score (nSPS) is 42.2. The van der Waals surface area contributed by atoms with Gasteiger partial charge >= 0.3 is 0 Å². The van der Waals surface area contributed by atoms with E-state index in [0.717, 1.165) is 12.3 Å². The molecule has 1 heteroatoms. The second kappa shape index (κ2) is 3.65. The van der Waals surface area contributed by atoms with Crippen molar-refractivity contribution in [2.45, 2.75) is 39.0 Å². The fourth-order valence-electron chi connectivity index (χ4n) is 2.85. The molecule has 0 amide bonds. The second-order valence-electron chi connectivity index (χ2n) is 4.73. The molecule has 0 spiro atoms. The first-order chi connectivity index (χ1) is 6.25. The minimum atomic E-state index is 0.331. The number of ketones is 1. The smallest absolute Gasteiger partial charge is 0.155 e. The van der Waals surface area contributed by atoms with Crippen LogP contribution in [0.1, 0.15) is 39.0 Å². The Bertz CT molecular complexity index is 229. The van der Waals surface area contributed by atoms with E-state index in [1.807, 2.05) is 6.08 Å². The molecule has 72 valence electrons. The van der Waals surface area contributed by atoms with Crippen LogP contribution in [0.25, 0.3) is 0 Å². The molecule has 13 heavy (non-hydrogen) atoms. The molecule has 0 bridgehead atoms. The van der Waals surface area contributed by atoms with E-state index in [1.165, 1.54) is 25.7 Å². The Morgan fingerprint density at radius 2 is 2.23 bits per heavy atom. The summed E-state index contributed by atoms with van der Waals surface area (Å²) in [4.78, 5) is 11.3. The summed E-state index contributed by atoms with van der Waals surface area (Å²) in [6.45, 7) is 2.21. The molecule has 0 aromatic carbocycles. The highest BCUT2D eigenvalue weighted by molar-refractivity contribution is 5.89. The first-order valence-corrected chi connectivity index (χ1v) is 5.46. The van der Waals surface area contributed by atoms with Crippen LogP contribution in [0, 0.1) is 17.8 Å². The number of carbonyl (C=O) groups is 1. The van der Waals surface area contributed by atoms with Gasteiger partial charge in [0, 0.05) is 6.42 Å². The third-order valence-corrected chi connectivity index (χ3v) is 3.50. The van der Waals surface area contributed by atoms with E-state index in [0.29, 0.717) is 17.6 Å². The van der Waals surface area contributed by atoms with E-state index < -0.39 is 0 Å². The van der Waals surface area contributed by atoms with Gasteiger partial charge in [-0.3, -0.25) is 4.79 Å². The Hall–Kier alpha value is -0.590. The third-order valence-electron chi connectivity index (χ3n) is 3.50. The van der Waals surface area contributed by atoms with Crippen molar-refractivity contribution in [3.63, 3.8) is 0 Å². The van der Waals surface area contributed by atoms with Crippen LogP contribution in [0.5, 0.6) is 0 Å². The van der Waals surface area contributed by atoms with Crippen molar-refractivity contribution in [2.75, 3.05) is 0 Å². The first-order valence-electron chi connectivity index (χ1n) is 5.46.